The third-order valence-electron chi connectivity index (χ3n) is 5.49. The van der Waals surface area contributed by atoms with Crippen LogP contribution in [0.2, 0.25) is 5.02 Å². The maximum Gasteiger partial charge on any atom is 0.339 e. The Balaban J connectivity index is 1.24. The number of fused-ring (bicyclic) bond motifs is 1. The van der Waals surface area contributed by atoms with E-state index in [1.165, 1.54) is 24.3 Å². The Morgan fingerprint density at radius 3 is 2.77 bits per heavy atom. The van der Waals surface area contributed by atoms with E-state index in [0.717, 1.165) is 24.2 Å². The van der Waals surface area contributed by atoms with E-state index < -0.39 is 17.9 Å². The number of aryl methyl sites for hydroxylation is 1. The molecule has 1 heterocycles. The molecule has 184 valence electrons. The molecule has 0 aliphatic carbocycles. The highest BCUT2D eigenvalue weighted by atomic mass is 35.5. The minimum absolute atomic E-state index is 0.0337. The zero-order chi connectivity index (χ0) is 24.8. The predicted molar refractivity (Wildman–Crippen MR) is 128 cm³/mol. The smallest absolute Gasteiger partial charge is 0.339 e. The van der Waals surface area contributed by atoms with Gasteiger partial charge in [-0.3, -0.25) is 0 Å². The van der Waals surface area contributed by atoms with Gasteiger partial charge in [0, 0.05) is 19.2 Å². The van der Waals surface area contributed by atoms with Crippen molar-refractivity contribution < 1.29 is 33.6 Å². The Kier molecular flexibility index (Phi) is 8.07. The number of carboxylic acid groups (broad SMARTS) is 1. The topological polar surface area (TPSA) is 97.3 Å². The molecule has 0 fully saturated rings. The Labute approximate surface area is 207 Å². The third kappa shape index (κ3) is 6.63. The van der Waals surface area contributed by atoms with Crippen molar-refractivity contribution in [1.82, 2.24) is 5.32 Å². The van der Waals surface area contributed by atoms with Crippen LogP contribution in [-0.2, 0) is 6.42 Å². The van der Waals surface area contributed by atoms with Gasteiger partial charge >= 0.3 is 5.97 Å². The van der Waals surface area contributed by atoms with Crippen LogP contribution in [0.5, 0.6) is 23.0 Å². The van der Waals surface area contributed by atoms with Crippen molar-refractivity contribution in [2.75, 3.05) is 19.7 Å². The summed E-state index contributed by atoms with van der Waals surface area (Å²) in [4.78, 5) is 11.4. The molecule has 0 bridgehead atoms. The first-order chi connectivity index (χ1) is 16.9. The molecule has 0 radical (unpaired) electrons. The summed E-state index contributed by atoms with van der Waals surface area (Å²) in [5.41, 5.74) is 1.08. The number of rotatable bonds is 10. The number of aromatic carboxylic acids is 1. The number of ether oxygens (including phenoxy) is 3. The standard InChI is InChI=1S/C26H25ClFNO6/c27-22-12-18(7-9-23(22)28)33-15-17(30)13-29-14-20-6-5-16-11-19(8-10-24(16)35-20)34-25-4-2-1-3-21(25)26(31)32/h1-4,7-12,17,20,29-30H,5-6,13-15H2,(H,31,32)/t17-,20+/m0/s1. The first-order valence-electron chi connectivity index (χ1n) is 11.2. The highest BCUT2D eigenvalue weighted by Crippen LogP contribution is 2.33. The van der Waals surface area contributed by atoms with Gasteiger partial charge in [-0.1, -0.05) is 23.7 Å². The van der Waals surface area contributed by atoms with Crippen LogP contribution in [-0.4, -0.2) is 48.1 Å². The van der Waals surface area contributed by atoms with Gasteiger partial charge in [-0.25, -0.2) is 9.18 Å². The normalized spacial score (nSPS) is 15.6. The molecule has 0 saturated heterocycles. The van der Waals surface area contributed by atoms with Crippen molar-refractivity contribution in [3.8, 4) is 23.0 Å². The summed E-state index contributed by atoms with van der Waals surface area (Å²) in [7, 11) is 0. The van der Waals surface area contributed by atoms with Gasteiger partial charge in [-0.05, 0) is 60.9 Å². The zero-order valence-electron chi connectivity index (χ0n) is 18.7. The van der Waals surface area contributed by atoms with Crippen LogP contribution < -0.4 is 19.5 Å². The van der Waals surface area contributed by atoms with Gasteiger partial charge in [-0.15, -0.1) is 0 Å². The Morgan fingerprint density at radius 2 is 1.97 bits per heavy atom. The molecule has 4 rings (SSSR count). The van der Waals surface area contributed by atoms with Crippen molar-refractivity contribution in [2.45, 2.75) is 25.0 Å². The molecule has 0 unspecified atom stereocenters. The van der Waals surface area contributed by atoms with Crippen LogP contribution in [0, 0.1) is 5.82 Å². The molecular weight excluding hydrogens is 477 g/mol. The third-order valence-corrected chi connectivity index (χ3v) is 5.78. The molecule has 3 N–H and O–H groups in total. The quantitative estimate of drug-likeness (QED) is 0.370. The minimum atomic E-state index is -1.05. The van der Waals surface area contributed by atoms with Gasteiger partial charge in [0.2, 0.25) is 0 Å². The molecule has 3 aromatic rings. The van der Waals surface area contributed by atoms with E-state index >= 15 is 0 Å². The number of hydrogen-bond acceptors (Lipinski definition) is 6. The number of hydrogen-bond donors (Lipinski definition) is 3. The second-order valence-corrected chi connectivity index (χ2v) is 8.56. The van der Waals surface area contributed by atoms with Gasteiger partial charge in [-0.2, -0.15) is 0 Å². The molecule has 2 atom stereocenters. The summed E-state index contributed by atoms with van der Waals surface area (Å²) < 4.78 is 30.5. The fraction of sp³-hybridized carbons (Fsp3) is 0.269. The van der Waals surface area contributed by atoms with Gasteiger partial charge in [0.25, 0.3) is 0 Å². The monoisotopic (exact) mass is 501 g/mol. The highest BCUT2D eigenvalue weighted by Gasteiger charge is 2.21. The van der Waals surface area contributed by atoms with Crippen molar-refractivity contribution in [1.29, 1.82) is 0 Å². The SMILES string of the molecule is O=C(O)c1ccccc1Oc1ccc2c(c1)CC[C@H](CNC[C@H](O)COc1ccc(F)c(Cl)c1)O2. The average molecular weight is 502 g/mol. The number of carbonyl (C=O) groups is 1. The molecule has 1 aliphatic rings. The maximum absolute atomic E-state index is 13.2. The lowest BCUT2D eigenvalue weighted by atomic mass is 10.0. The van der Waals surface area contributed by atoms with E-state index in [2.05, 4.69) is 5.32 Å². The fourth-order valence-electron chi connectivity index (χ4n) is 3.72. The van der Waals surface area contributed by atoms with Gasteiger partial charge in [0.05, 0.1) is 5.02 Å². The second kappa shape index (κ2) is 11.4. The summed E-state index contributed by atoms with van der Waals surface area (Å²) in [6.45, 7) is 0.887. The van der Waals surface area contributed by atoms with Crippen molar-refractivity contribution >= 4 is 17.6 Å². The molecule has 1 aliphatic heterocycles. The predicted octanol–water partition coefficient (Wildman–Crippen LogP) is 4.69. The molecule has 0 aromatic heterocycles. The summed E-state index contributed by atoms with van der Waals surface area (Å²) in [5, 5.41) is 22.6. The Bertz CT molecular complexity index is 1190. The van der Waals surface area contributed by atoms with E-state index in [4.69, 9.17) is 25.8 Å². The van der Waals surface area contributed by atoms with Crippen LogP contribution in [0.4, 0.5) is 4.39 Å². The van der Waals surface area contributed by atoms with Crippen molar-refractivity contribution in [3.63, 3.8) is 0 Å². The summed E-state index contributed by atoms with van der Waals surface area (Å²) in [6, 6.07) is 16.0. The lowest BCUT2D eigenvalue weighted by Crippen LogP contribution is -2.39. The Hall–Kier alpha value is -3.33. The van der Waals surface area contributed by atoms with E-state index in [1.54, 1.807) is 24.3 Å². The van der Waals surface area contributed by atoms with E-state index in [9.17, 15) is 19.4 Å². The maximum atomic E-state index is 13.2. The van der Waals surface area contributed by atoms with Crippen molar-refractivity contribution in [2.24, 2.45) is 0 Å². The molecule has 7 nitrogen and oxygen atoms in total. The van der Waals surface area contributed by atoms with Crippen LogP contribution >= 0.6 is 11.6 Å². The number of aliphatic hydroxyl groups excluding tert-OH is 1. The molecular formula is C26H25ClFNO6. The molecule has 0 amide bonds. The number of aliphatic hydroxyl groups is 1. The highest BCUT2D eigenvalue weighted by molar-refractivity contribution is 6.30. The molecule has 35 heavy (non-hydrogen) atoms. The van der Waals surface area contributed by atoms with E-state index in [0.29, 0.717) is 24.6 Å². The number of halogens is 2. The lowest BCUT2D eigenvalue weighted by molar-refractivity contribution is 0.0694. The van der Waals surface area contributed by atoms with E-state index in [-0.39, 0.29) is 29.0 Å². The first kappa shape index (κ1) is 24.8. The summed E-state index contributed by atoms with van der Waals surface area (Å²) in [6.07, 6.45) is 0.723. The second-order valence-electron chi connectivity index (χ2n) is 8.15. The Morgan fingerprint density at radius 1 is 1.17 bits per heavy atom. The summed E-state index contributed by atoms with van der Waals surface area (Å²) >= 11 is 5.73. The van der Waals surface area contributed by atoms with Crippen LogP contribution in [0.25, 0.3) is 0 Å². The number of para-hydroxylation sites is 1. The molecule has 9 heteroatoms. The minimum Gasteiger partial charge on any atom is -0.491 e. The van der Waals surface area contributed by atoms with Crippen LogP contribution in [0.1, 0.15) is 22.3 Å². The average Bonchev–Trinajstić information content (AvgIpc) is 2.85. The van der Waals surface area contributed by atoms with Crippen LogP contribution in [0.3, 0.4) is 0 Å². The fourth-order valence-corrected chi connectivity index (χ4v) is 3.89. The van der Waals surface area contributed by atoms with Gasteiger partial charge in [0.1, 0.15) is 53.2 Å². The van der Waals surface area contributed by atoms with Gasteiger partial charge in [0.15, 0.2) is 0 Å². The van der Waals surface area contributed by atoms with Gasteiger partial charge < -0.3 is 29.7 Å². The van der Waals surface area contributed by atoms with Crippen LogP contribution in [0.15, 0.2) is 60.7 Å². The first-order valence-corrected chi connectivity index (χ1v) is 11.5. The molecule has 0 saturated carbocycles. The molecule has 3 aromatic carbocycles. The number of benzene rings is 3. The zero-order valence-corrected chi connectivity index (χ0v) is 19.5. The lowest BCUT2D eigenvalue weighted by Gasteiger charge is -2.27. The number of carboxylic acids is 1. The summed E-state index contributed by atoms with van der Waals surface area (Å²) in [5.74, 6) is 0.389. The van der Waals surface area contributed by atoms with Crippen molar-refractivity contribution in [3.05, 3.63) is 82.6 Å². The van der Waals surface area contributed by atoms with E-state index in [1.807, 2.05) is 12.1 Å². The largest absolute Gasteiger partial charge is 0.491 e. The molecule has 0 spiro atoms. The number of nitrogens with one attached hydrogen (secondary N) is 1.